The van der Waals surface area contributed by atoms with Crippen LogP contribution < -0.4 is 0 Å². The first-order chi connectivity index (χ1) is 14.6. The lowest BCUT2D eigenvalue weighted by Gasteiger charge is -2.56. The van der Waals surface area contributed by atoms with Crippen LogP contribution in [0.3, 0.4) is 0 Å². The van der Waals surface area contributed by atoms with Crippen LogP contribution in [0.25, 0.3) is 0 Å². The van der Waals surface area contributed by atoms with E-state index in [0.29, 0.717) is 6.42 Å². The summed E-state index contributed by atoms with van der Waals surface area (Å²) in [7, 11) is 0. The highest BCUT2D eigenvalue weighted by atomic mass is 35.6. The summed E-state index contributed by atoms with van der Waals surface area (Å²) in [5.41, 5.74) is 0. The van der Waals surface area contributed by atoms with Crippen LogP contribution in [0, 0.1) is 0 Å². The minimum absolute atomic E-state index is 0.0135. The molecule has 0 unspecified atom stereocenters. The Kier molecular flexibility index (Phi) is 15.1. The summed E-state index contributed by atoms with van der Waals surface area (Å²) >= 11 is 119. The highest BCUT2D eigenvalue weighted by Gasteiger charge is 2.83. The van der Waals surface area contributed by atoms with E-state index in [-0.39, 0.29) is 6.42 Å². The monoisotopic (exact) mass is 858 g/mol. The molecule has 0 saturated heterocycles. The second kappa shape index (κ2) is 13.0. The molecule has 0 saturated carbocycles. The fraction of sp³-hybridized carbons (Fsp3) is 1.00. The van der Waals surface area contributed by atoms with Gasteiger partial charge in [-0.25, -0.2) is 0 Å². The van der Waals surface area contributed by atoms with Crippen LogP contribution in [0.5, 0.6) is 0 Å². The topological polar surface area (TPSA) is 0 Å². The molecule has 0 fully saturated rings. The number of rotatable bonds is 11. The molecule has 0 N–H and O–H groups in total. The Bertz CT molecular complexity index is 669. The Labute approximate surface area is 294 Å². The summed E-state index contributed by atoms with van der Waals surface area (Å²) in [5, 5.41) is 0. The van der Waals surface area contributed by atoms with Crippen LogP contribution in [-0.4, -0.2) is 38.5 Å². The van der Waals surface area contributed by atoms with Crippen molar-refractivity contribution in [2.75, 3.05) is 0 Å². The zero-order chi connectivity index (χ0) is 28.0. The number of hydrogen-bond donors (Lipinski definition) is 0. The van der Waals surface area contributed by atoms with Crippen molar-refractivity contribution >= 4 is 220 Å². The summed E-state index contributed by atoms with van der Waals surface area (Å²) in [6.45, 7) is 2.00. The van der Waals surface area contributed by atoms with E-state index in [1.165, 1.54) is 0 Å². The molecule has 0 rings (SSSR count). The number of halogens is 19. The summed E-state index contributed by atoms with van der Waals surface area (Å²) in [5.74, 6) is 0. The van der Waals surface area contributed by atoms with E-state index in [2.05, 4.69) is 0 Å². The van der Waals surface area contributed by atoms with Crippen molar-refractivity contribution in [1.29, 1.82) is 0 Å². The average Bonchev–Trinajstić information content (AvgIpc) is 2.61. The summed E-state index contributed by atoms with van der Waals surface area (Å²) in [6.07, 6.45) is 2.99. The molecule has 0 aromatic heterocycles. The zero-order valence-corrected chi connectivity index (χ0v) is 30.6. The first-order valence-electron chi connectivity index (χ1n) is 8.65. The van der Waals surface area contributed by atoms with Crippen molar-refractivity contribution < 1.29 is 0 Å². The van der Waals surface area contributed by atoms with Crippen molar-refractivity contribution in [3.8, 4) is 0 Å². The SMILES string of the molecule is CCCCCCC(Cl)(Cl)C(Cl)(Cl)C(Cl)(Cl)C(Cl)(Cl)C(Cl)(Cl)C(Cl)(Cl)C(Cl)(C(Cl)(Cl)Cl)C(Cl)(Cl)Cl. The molecule has 34 heavy (non-hydrogen) atoms. The second-order valence-electron chi connectivity index (χ2n) is 7.04. The molecule has 19 heteroatoms. The van der Waals surface area contributed by atoms with Crippen molar-refractivity contribution in [3.63, 3.8) is 0 Å². The summed E-state index contributed by atoms with van der Waals surface area (Å²) in [4.78, 5) is -2.98. The fourth-order valence-electron chi connectivity index (χ4n) is 2.49. The van der Waals surface area contributed by atoms with Gasteiger partial charge >= 0.3 is 0 Å². The third-order valence-electron chi connectivity index (χ3n) is 4.59. The fourth-order valence-corrected chi connectivity index (χ4v) is 9.83. The van der Waals surface area contributed by atoms with Gasteiger partial charge in [-0.2, -0.15) is 0 Å². The van der Waals surface area contributed by atoms with Gasteiger partial charge in [0.1, 0.15) is 0 Å². The Morgan fingerprint density at radius 1 is 0.382 bits per heavy atom. The Morgan fingerprint density at radius 2 is 0.706 bits per heavy atom. The zero-order valence-electron chi connectivity index (χ0n) is 16.2. The quantitative estimate of drug-likeness (QED) is 0.143. The van der Waals surface area contributed by atoms with Gasteiger partial charge < -0.3 is 0 Å². The highest BCUT2D eigenvalue weighted by molar-refractivity contribution is 6.83. The Morgan fingerprint density at radius 3 is 1.03 bits per heavy atom. The molecule has 0 atom stereocenters. The van der Waals surface area contributed by atoms with Crippen molar-refractivity contribution in [2.24, 2.45) is 0 Å². The lowest BCUT2D eigenvalue weighted by Crippen LogP contribution is -2.73. The van der Waals surface area contributed by atoms with Crippen molar-refractivity contribution in [3.05, 3.63) is 0 Å². The van der Waals surface area contributed by atoms with E-state index < -0.39 is 38.5 Å². The van der Waals surface area contributed by atoms with Crippen LogP contribution in [-0.2, 0) is 0 Å². The van der Waals surface area contributed by atoms with Crippen LogP contribution in [0.4, 0.5) is 0 Å². The molecule has 0 heterocycles. The van der Waals surface area contributed by atoms with Crippen molar-refractivity contribution in [1.82, 2.24) is 0 Å². The molecule has 0 aliphatic rings. The molecule has 0 aliphatic carbocycles. The van der Waals surface area contributed by atoms with Gasteiger partial charge in [-0.15, -0.1) is 11.6 Å². The molecule has 0 radical (unpaired) electrons. The van der Waals surface area contributed by atoms with Gasteiger partial charge in [0.15, 0.2) is 30.9 Å². The standard InChI is InChI=1S/C15H13Cl19/c1-2-3-4-5-6-7(16,17)9(19,20)11(23,24)13(27,28)12(25,26)10(21,22)8(18,14(29,30)31)15(32,33)34/h2-6H2,1H3. The molecule has 0 spiro atoms. The molecule has 0 amide bonds. The number of unbranched alkanes of at least 4 members (excludes halogenated alkanes) is 3. The minimum Gasteiger partial charge on any atom is -0.106 e. The van der Waals surface area contributed by atoms with E-state index in [9.17, 15) is 0 Å². The van der Waals surface area contributed by atoms with Crippen LogP contribution >= 0.6 is 220 Å². The Hall–Kier alpha value is 5.51. The van der Waals surface area contributed by atoms with Crippen LogP contribution in [0.1, 0.15) is 39.0 Å². The first-order valence-corrected chi connectivity index (χ1v) is 15.8. The largest absolute Gasteiger partial charge is 0.216 e. The number of hydrogen-bond acceptors (Lipinski definition) is 0. The lowest BCUT2D eigenvalue weighted by atomic mass is 9.96. The van der Waals surface area contributed by atoms with Crippen LogP contribution in [0.15, 0.2) is 0 Å². The molecular weight excluding hydrogens is 854 g/mol. The van der Waals surface area contributed by atoms with Gasteiger partial charge in [0, 0.05) is 0 Å². The lowest BCUT2D eigenvalue weighted by molar-refractivity contribution is 0.402. The predicted molar refractivity (Wildman–Crippen MR) is 165 cm³/mol. The molecule has 0 aromatic rings. The summed E-state index contributed by atoms with van der Waals surface area (Å²) in [6, 6.07) is 0. The van der Waals surface area contributed by atoms with Gasteiger partial charge in [0.05, 0.1) is 0 Å². The smallest absolute Gasteiger partial charge is 0.106 e. The van der Waals surface area contributed by atoms with Gasteiger partial charge in [0.25, 0.3) is 0 Å². The maximum Gasteiger partial charge on any atom is 0.216 e. The van der Waals surface area contributed by atoms with E-state index in [4.69, 9.17) is 220 Å². The third kappa shape index (κ3) is 7.00. The van der Waals surface area contributed by atoms with E-state index in [1.54, 1.807) is 0 Å². The van der Waals surface area contributed by atoms with Gasteiger partial charge in [-0.1, -0.05) is 241 Å². The Balaban J connectivity index is 6.76. The molecular formula is C15H13Cl19. The normalized spacial score (nSPS) is 16.2. The van der Waals surface area contributed by atoms with Crippen LogP contribution in [0.2, 0.25) is 0 Å². The van der Waals surface area contributed by atoms with E-state index >= 15 is 0 Å². The van der Waals surface area contributed by atoms with Gasteiger partial charge in [-0.05, 0) is 6.42 Å². The van der Waals surface area contributed by atoms with E-state index in [0.717, 1.165) is 19.3 Å². The predicted octanol–water partition coefficient (Wildman–Crippen LogP) is 13.7. The van der Waals surface area contributed by atoms with Gasteiger partial charge in [0.2, 0.25) is 7.59 Å². The molecule has 0 aromatic carbocycles. The maximum atomic E-state index is 6.45. The minimum atomic E-state index is -3.09. The third-order valence-corrected chi connectivity index (χ3v) is 16.5. The average molecular weight is 867 g/mol. The van der Waals surface area contributed by atoms with Crippen molar-refractivity contribution in [2.45, 2.75) is 77.5 Å². The molecule has 0 aliphatic heterocycles. The first kappa shape index (κ1) is 39.5. The molecule has 206 valence electrons. The highest BCUT2D eigenvalue weighted by Crippen LogP contribution is 2.74. The second-order valence-corrected chi connectivity index (χ2v) is 20.3. The van der Waals surface area contributed by atoms with E-state index in [1.807, 2.05) is 6.92 Å². The molecule has 0 nitrogen and oxygen atoms in total. The molecule has 0 bridgehead atoms. The maximum absolute atomic E-state index is 6.45. The summed E-state index contributed by atoms with van der Waals surface area (Å²) < 4.78 is -22.3. The number of alkyl halides is 19. The van der Waals surface area contributed by atoms with Gasteiger partial charge in [-0.3, -0.25) is 0 Å².